The molecule has 1 nitrogen and oxygen atoms in total. The molecule has 2 aromatic carbocycles. The molecule has 100 valence electrons. The minimum atomic E-state index is -0.00157. The van der Waals surface area contributed by atoms with E-state index in [4.69, 9.17) is 5.73 Å². The summed E-state index contributed by atoms with van der Waals surface area (Å²) in [5, 5.41) is 1.30. The monoisotopic (exact) mass is 279 g/mol. The molecule has 1 aliphatic carbocycles. The van der Waals surface area contributed by atoms with Gasteiger partial charge in [0.15, 0.2) is 0 Å². The number of fused-ring (bicyclic) bond motifs is 2. The van der Waals surface area contributed by atoms with Crippen LogP contribution in [0.1, 0.15) is 34.0 Å². The Bertz CT molecular complexity index is 739. The Morgan fingerprint density at radius 1 is 0.950 bits per heavy atom. The van der Waals surface area contributed by atoms with Crippen molar-refractivity contribution in [2.24, 2.45) is 5.73 Å². The van der Waals surface area contributed by atoms with E-state index in [1.54, 1.807) is 0 Å². The van der Waals surface area contributed by atoms with Crippen molar-refractivity contribution >= 4 is 21.4 Å². The van der Waals surface area contributed by atoms with Crippen LogP contribution in [0.15, 0.2) is 48.5 Å². The standard InChI is InChI=1S/C18H17NS/c19-18(15-9-8-12-5-3-6-13(12)10-15)17-11-14-4-1-2-7-16(14)20-17/h1-2,4,7-11,18H,3,5-6,19H2. The summed E-state index contributed by atoms with van der Waals surface area (Å²) < 4.78 is 1.32. The van der Waals surface area contributed by atoms with E-state index < -0.39 is 0 Å². The highest BCUT2D eigenvalue weighted by Gasteiger charge is 2.16. The molecule has 1 aliphatic rings. The fourth-order valence-corrected chi connectivity index (χ4v) is 4.20. The van der Waals surface area contributed by atoms with Crippen LogP contribution in [-0.4, -0.2) is 0 Å². The van der Waals surface area contributed by atoms with Crippen LogP contribution in [-0.2, 0) is 12.8 Å². The fourth-order valence-electron chi connectivity index (χ4n) is 3.11. The van der Waals surface area contributed by atoms with Crippen LogP contribution in [0.5, 0.6) is 0 Å². The lowest BCUT2D eigenvalue weighted by atomic mass is 10.0. The van der Waals surface area contributed by atoms with Crippen molar-refractivity contribution in [1.82, 2.24) is 0 Å². The van der Waals surface area contributed by atoms with Crippen LogP contribution in [0.4, 0.5) is 0 Å². The molecule has 20 heavy (non-hydrogen) atoms. The Labute approximate surface area is 123 Å². The topological polar surface area (TPSA) is 26.0 Å². The van der Waals surface area contributed by atoms with Gasteiger partial charge in [-0.25, -0.2) is 0 Å². The molecule has 4 rings (SSSR count). The van der Waals surface area contributed by atoms with Crippen molar-refractivity contribution < 1.29 is 0 Å². The van der Waals surface area contributed by atoms with Gasteiger partial charge in [0.1, 0.15) is 0 Å². The maximum Gasteiger partial charge on any atom is 0.0646 e. The number of rotatable bonds is 2. The van der Waals surface area contributed by atoms with Gasteiger partial charge < -0.3 is 5.73 Å². The van der Waals surface area contributed by atoms with Gasteiger partial charge >= 0.3 is 0 Å². The van der Waals surface area contributed by atoms with Crippen LogP contribution in [0, 0.1) is 0 Å². The lowest BCUT2D eigenvalue weighted by Gasteiger charge is -2.11. The molecule has 0 saturated heterocycles. The molecule has 2 N–H and O–H groups in total. The summed E-state index contributed by atoms with van der Waals surface area (Å²) >= 11 is 1.81. The van der Waals surface area contributed by atoms with Gasteiger partial charge in [0.05, 0.1) is 6.04 Å². The molecule has 1 heterocycles. The summed E-state index contributed by atoms with van der Waals surface area (Å²) in [6.45, 7) is 0. The van der Waals surface area contributed by atoms with Crippen molar-refractivity contribution in [1.29, 1.82) is 0 Å². The molecule has 0 radical (unpaired) electrons. The zero-order valence-electron chi connectivity index (χ0n) is 11.3. The van der Waals surface area contributed by atoms with E-state index in [-0.39, 0.29) is 6.04 Å². The van der Waals surface area contributed by atoms with Crippen LogP contribution >= 0.6 is 11.3 Å². The fraction of sp³-hybridized carbons (Fsp3) is 0.222. The lowest BCUT2D eigenvalue weighted by Crippen LogP contribution is -2.10. The van der Waals surface area contributed by atoms with E-state index >= 15 is 0 Å². The normalized spacial score (nSPS) is 15.4. The number of hydrogen-bond donors (Lipinski definition) is 1. The summed E-state index contributed by atoms with van der Waals surface area (Å²) in [5.41, 5.74) is 10.7. The maximum absolute atomic E-state index is 6.48. The Kier molecular flexibility index (Phi) is 2.86. The second-order valence-electron chi connectivity index (χ2n) is 5.55. The van der Waals surface area contributed by atoms with E-state index in [2.05, 4.69) is 48.5 Å². The van der Waals surface area contributed by atoms with Gasteiger partial charge in [-0.2, -0.15) is 0 Å². The third kappa shape index (κ3) is 1.96. The number of nitrogens with two attached hydrogens (primary N) is 1. The van der Waals surface area contributed by atoms with E-state index in [0.29, 0.717) is 0 Å². The smallest absolute Gasteiger partial charge is 0.0646 e. The highest BCUT2D eigenvalue weighted by atomic mass is 32.1. The number of thiophene rings is 1. The van der Waals surface area contributed by atoms with Crippen LogP contribution in [0.2, 0.25) is 0 Å². The third-order valence-corrected chi connectivity index (χ3v) is 5.43. The Morgan fingerprint density at radius 2 is 1.80 bits per heavy atom. The third-order valence-electron chi connectivity index (χ3n) is 4.23. The SMILES string of the molecule is NC(c1ccc2c(c1)CCC2)c1cc2ccccc2s1. The molecule has 1 unspecified atom stereocenters. The molecule has 0 saturated carbocycles. The van der Waals surface area contributed by atoms with E-state index in [9.17, 15) is 0 Å². The first kappa shape index (κ1) is 12.1. The summed E-state index contributed by atoms with van der Waals surface area (Å²) in [4.78, 5) is 1.25. The molecular weight excluding hydrogens is 262 g/mol. The summed E-state index contributed by atoms with van der Waals surface area (Å²) in [7, 11) is 0. The first-order valence-corrected chi connectivity index (χ1v) is 7.99. The lowest BCUT2D eigenvalue weighted by molar-refractivity contribution is 0.888. The minimum absolute atomic E-state index is 0.00157. The molecule has 0 amide bonds. The molecule has 0 fully saturated rings. The van der Waals surface area contributed by atoms with Crippen molar-refractivity contribution in [3.05, 3.63) is 70.1 Å². The molecule has 2 heteroatoms. The average Bonchev–Trinajstić information content (AvgIpc) is 3.11. The van der Waals surface area contributed by atoms with Crippen LogP contribution < -0.4 is 5.73 Å². The minimum Gasteiger partial charge on any atom is -0.320 e. The highest BCUT2D eigenvalue weighted by Crippen LogP contribution is 2.33. The number of aryl methyl sites for hydroxylation is 2. The Hall–Kier alpha value is -1.64. The molecule has 3 aromatic rings. The van der Waals surface area contributed by atoms with Crippen molar-refractivity contribution in [3.8, 4) is 0 Å². The van der Waals surface area contributed by atoms with E-state index in [1.807, 2.05) is 11.3 Å². The Balaban J connectivity index is 1.74. The maximum atomic E-state index is 6.48. The quantitative estimate of drug-likeness (QED) is 0.737. The zero-order chi connectivity index (χ0) is 13.5. The summed E-state index contributed by atoms with van der Waals surface area (Å²) in [6.07, 6.45) is 3.73. The van der Waals surface area contributed by atoms with Gasteiger partial charge in [0, 0.05) is 9.58 Å². The van der Waals surface area contributed by atoms with Gasteiger partial charge in [0.2, 0.25) is 0 Å². The molecule has 0 bridgehead atoms. The first-order valence-electron chi connectivity index (χ1n) is 7.17. The zero-order valence-corrected chi connectivity index (χ0v) is 12.1. The summed E-state index contributed by atoms with van der Waals surface area (Å²) in [6, 6.07) is 17.5. The first-order chi connectivity index (χ1) is 9.81. The molecule has 0 spiro atoms. The van der Waals surface area contributed by atoms with Crippen molar-refractivity contribution in [2.45, 2.75) is 25.3 Å². The second-order valence-corrected chi connectivity index (χ2v) is 6.66. The number of hydrogen-bond acceptors (Lipinski definition) is 2. The molecule has 1 atom stereocenters. The van der Waals surface area contributed by atoms with Crippen LogP contribution in [0.25, 0.3) is 10.1 Å². The van der Waals surface area contributed by atoms with E-state index in [1.165, 1.54) is 50.9 Å². The predicted molar refractivity (Wildman–Crippen MR) is 86.3 cm³/mol. The van der Waals surface area contributed by atoms with Gasteiger partial charge in [0.25, 0.3) is 0 Å². The van der Waals surface area contributed by atoms with Crippen LogP contribution in [0.3, 0.4) is 0 Å². The van der Waals surface area contributed by atoms with Gasteiger partial charge in [-0.3, -0.25) is 0 Å². The summed E-state index contributed by atoms with van der Waals surface area (Å²) in [5.74, 6) is 0. The van der Waals surface area contributed by atoms with Gasteiger partial charge in [-0.15, -0.1) is 11.3 Å². The predicted octanol–water partition coefficient (Wildman–Crippen LogP) is 4.44. The van der Waals surface area contributed by atoms with E-state index in [0.717, 1.165) is 0 Å². The Morgan fingerprint density at radius 3 is 2.70 bits per heavy atom. The van der Waals surface area contributed by atoms with Gasteiger partial charge in [-0.05, 0) is 53.5 Å². The molecular formula is C18H17NS. The van der Waals surface area contributed by atoms with Gasteiger partial charge in [-0.1, -0.05) is 36.4 Å². The largest absolute Gasteiger partial charge is 0.320 e. The second kappa shape index (κ2) is 4.72. The highest BCUT2D eigenvalue weighted by molar-refractivity contribution is 7.19. The number of benzene rings is 2. The molecule has 0 aliphatic heterocycles. The average molecular weight is 279 g/mol. The van der Waals surface area contributed by atoms with Crippen molar-refractivity contribution in [3.63, 3.8) is 0 Å². The van der Waals surface area contributed by atoms with Crippen molar-refractivity contribution in [2.75, 3.05) is 0 Å². The molecule has 1 aromatic heterocycles.